The maximum atomic E-state index is 13.4. The van der Waals surface area contributed by atoms with Crippen molar-refractivity contribution in [1.82, 2.24) is 5.32 Å². The van der Waals surface area contributed by atoms with Gasteiger partial charge in [-0.2, -0.15) is 0 Å². The van der Waals surface area contributed by atoms with Gasteiger partial charge in [0.25, 0.3) is 0 Å². The number of halogens is 1. The number of ketones is 1. The second kappa shape index (κ2) is 5.44. The summed E-state index contributed by atoms with van der Waals surface area (Å²) >= 11 is 0. The quantitative estimate of drug-likeness (QED) is 0.928. The summed E-state index contributed by atoms with van der Waals surface area (Å²) in [7, 11) is 1.65. The van der Waals surface area contributed by atoms with Crippen LogP contribution in [0.4, 0.5) is 4.39 Å². The smallest absolute Gasteiger partial charge is 0.220 e. The highest BCUT2D eigenvalue weighted by Crippen LogP contribution is 2.33. The van der Waals surface area contributed by atoms with Crippen LogP contribution >= 0.6 is 0 Å². The average Bonchev–Trinajstić information content (AvgIpc) is 2.85. The number of Topliss-reactive ketones (excluding diaryl/α,β-unsaturated/α-hetero) is 1. The summed E-state index contributed by atoms with van der Waals surface area (Å²) in [6, 6.07) is 5.88. The number of hydrogen-bond donors (Lipinski definition) is 1. The zero-order chi connectivity index (χ0) is 14.8. The molecule has 0 amide bonds. The molecule has 0 aromatic heterocycles. The van der Waals surface area contributed by atoms with Gasteiger partial charge in [0.2, 0.25) is 11.9 Å². The first-order valence-corrected chi connectivity index (χ1v) is 6.61. The minimum atomic E-state index is -0.823. The highest BCUT2D eigenvalue weighted by Gasteiger charge is 2.39. The number of allylic oxidation sites excluding steroid dienone is 2. The summed E-state index contributed by atoms with van der Waals surface area (Å²) in [4.78, 5) is 12.6. The van der Waals surface area contributed by atoms with Gasteiger partial charge in [-0.3, -0.25) is 4.79 Å². The first-order valence-electron chi connectivity index (χ1n) is 6.61. The maximum absolute atomic E-state index is 13.4. The molecule has 0 fully saturated rings. The van der Waals surface area contributed by atoms with Crippen LogP contribution in [0.3, 0.4) is 0 Å². The molecule has 0 radical (unpaired) electrons. The molecule has 0 saturated heterocycles. The van der Waals surface area contributed by atoms with E-state index in [9.17, 15) is 9.18 Å². The molecule has 1 aromatic rings. The Balaban J connectivity index is 1.95. The van der Waals surface area contributed by atoms with Gasteiger partial charge in [-0.05, 0) is 36.3 Å². The van der Waals surface area contributed by atoms with Gasteiger partial charge >= 0.3 is 0 Å². The zero-order valence-electron chi connectivity index (χ0n) is 11.4. The third-order valence-corrected chi connectivity index (χ3v) is 3.30. The minimum Gasteiger partial charge on any atom is -0.466 e. The van der Waals surface area contributed by atoms with Crippen molar-refractivity contribution in [2.75, 3.05) is 7.05 Å². The molecule has 3 rings (SSSR count). The molecule has 5 heteroatoms. The van der Waals surface area contributed by atoms with Crippen LogP contribution in [0.15, 0.2) is 54.3 Å². The molecular weight excluding hydrogens is 273 g/mol. The van der Waals surface area contributed by atoms with E-state index >= 15 is 0 Å². The largest absolute Gasteiger partial charge is 0.466 e. The SMILES string of the molecule is CNC1=C(c2cccc(F)c2)C(=O)C(C2=CCC=CO2)O1. The minimum absolute atomic E-state index is 0.244. The van der Waals surface area contributed by atoms with Crippen LogP contribution in [0.5, 0.6) is 0 Å². The number of hydrogen-bond acceptors (Lipinski definition) is 4. The molecule has 2 aliphatic rings. The van der Waals surface area contributed by atoms with E-state index in [1.165, 1.54) is 18.4 Å². The monoisotopic (exact) mass is 287 g/mol. The van der Waals surface area contributed by atoms with Gasteiger partial charge in [0.05, 0.1) is 11.8 Å². The molecule has 1 atom stereocenters. The summed E-state index contributed by atoms with van der Waals surface area (Å²) in [5, 5.41) is 2.84. The molecule has 1 N–H and O–H groups in total. The molecule has 0 saturated carbocycles. The summed E-state index contributed by atoms with van der Waals surface area (Å²) < 4.78 is 24.4. The predicted molar refractivity (Wildman–Crippen MR) is 75.2 cm³/mol. The van der Waals surface area contributed by atoms with E-state index in [-0.39, 0.29) is 5.78 Å². The Hall–Kier alpha value is -2.56. The lowest BCUT2D eigenvalue weighted by Crippen LogP contribution is -2.23. The lowest BCUT2D eigenvalue weighted by molar-refractivity contribution is -0.119. The molecule has 108 valence electrons. The molecule has 1 aromatic carbocycles. The Morgan fingerprint density at radius 3 is 2.90 bits per heavy atom. The Labute approximate surface area is 121 Å². The molecular formula is C16H14FNO3. The van der Waals surface area contributed by atoms with Crippen molar-refractivity contribution in [2.45, 2.75) is 12.5 Å². The van der Waals surface area contributed by atoms with Crippen molar-refractivity contribution in [1.29, 1.82) is 0 Å². The van der Waals surface area contributed by atoms with Crippen LogP contribution in [-0.2, 0) is 14.3 Å². The molecule has 1 unspecified atom stereocenters. The van der Waals surface area contributed by atoms with E-state index in [0.717, 1.165) is 0 Å². The Morgan fingerprint density at radius 1 is 1.38 bits per heavy atom. The second-order valence-electron chi connectivity index (χ2n) is 4.66. The first kappa shape index (κ1) is 13.4. The fourth-order valence-electron chi connectivity index (χ4n) is 2.35. The second-order valence-corrected chi connectivity index (χ2v) is 4.66. The van der Waals surface area contributed by atoms with Crippen LogP contribution in [0.1, 0.15) is 12.0 Å². The zero-order valence-corrected chi connectivity index (χ0v) is 11.4. The van der Waals surface area contributed by atoms with Crippen LogP contribution in [0, 0.1) is 5.82 Å². The predicted octanol–water partition coefficient (Wildman–Crippen LogP) is 2.50. The van der Waals surface area contributed by atoms with Crippen molar-refractivity contribution in [3.63, 3.8) is 0 Å². The molecule has 4 nitrogen and oxygen atoms in total. The van der Waals surface area contributed by atoms with E-state index in [1.807, 2.05) is 6.08 Å². The highest BCUT2D eigenvalue weighted by atomic mass is 19.1. The fourth-order valence-corrected chi connectivity index (χ4v) is 2.35. The number of ether oxygens (including phenoxy) is 2. The Kier molecular flexibility index (Phi) is 3.48. The molecule has 2 heterocycles. The van der Waals surface area contributed by atoms with Gasteiger partial charge in [0.1, 0.15) is 11.6 Å². The van der Waals surface area contributed by atoms with Crippen molar-refractivity contribution in [3.05, 3.63) is 65.7 Å². The normalized spacial score (nSPS) is 21.0. The lowest BCUT2D eigenvalue weighted by atomic mass is 9.99. The molecule has 0 bridgehead atoms. The third-order valence-electron chi connectivity index (χ3n) is 3.30. The van der Waals surface area contributed by atoms with Crippen molar-refractivity contribution in [3.8, 4) is 0 Å². The van der Waals surface area contributed by atoms with E-state index < -0.39 is 11.9 Å². The topological polar surface area (TPSA) is 47.6 Å². The van der Waals surface area contributed by atoms with E-state index in [4.69, 9.17) is 9.47 Å². The first-order chi connectivity index (χ1) is 10.2. The lowest BCUT2D eigenvalue weighted by Gasteiger charge is -2.16. The van der Waals surface area contributed by atoms with Gasteiger partial charge in [-0.1, -0.05) is 12.1 Å². The average molecular weight is 287 g/mol. The summed E-state index contributed by atoms with van der Waals surface area (Å²) in [5.41, 5.74) is 0.819. The molecule has 2 aliphatic heterocycles. The van der Waals surface area contributed by atoms with Crippen molar-refractivity contribution in [2.24, 2.45) is 0 Å². The van der Waals surface area contributed by atoms with Gasteiger partial charge in [0.15, 0.2) is 5.88 Å². The van der Waals surface area contributed by atoms with Gasteiger partial charge in [-0.25, -0.2) is 4.39 Å². The van der Waals surface area contributed by atoms with Gasteiger partial charge in [0, 0.05) is 7.05 Å². The van der Waals surface area contributed by atoms with Crippen molar-refractivity contribution >= 4 is 11.4 Å². The van der Waals surface area contributed by atoms with Crippen LogP contribution in [0.25, 0.3) is 5.57 Å². The maximum Gasteiger partial charge on any atom is 0.220 e. The van der Waals surface area contributed by atoms with E-state index in [2.05, 4.69) is 5.32 Å². The number of carbonyl (C=O) groups excluding carboxylic acids is 1. The standard InChI is InChI=1S/C16H14FNO3/c1-18-16-13(10-5-4-6-11(17)9-10)14(19)15(21-16)12-7-2-3-8-20-12/h3-9,15,18H,2H2,1H3. The van der Waals surface area contributed by atoms with Crippen LogP contribution in [0.2, 0.25) is 0 Å². The Morgan fingerprint density at radius 2 is 2.24 bits per heavy atom. The van der Waals surface area contributed by atoms with E-state index in [0.29, 0.717) is 29.2 Å². The molecule has 0 aliphatic carbocycles. The number of rotatable bonds is 3. The Bertz CT molecular complexity index is 676. The third kappa shape index (κ3) is 2.42. The van der Waals surface area contributed by atoms with E-state index in [1.54, 1.807) is 25.3 Å². The van der Waals surface area contributed by atoms with Crippen molar-refractivity contribution < 1.29 is 18.7 Å². The highest BCUT2D eigenvalue weighted by molar-refractivity contribution is 6.25. The molecule has 21 heavy (non-hydrogen) atoms. The summed E-state index contributed by atoms with van der Waals surface area (Å²) in [5.74, 6) is 0.144. The fraction of sp³-hybridized carbons (Fsp3) is 0.188. The number of benzene rings is 1. The number of nitrogens with one attached hydrogen (secondary N) is 1. The number of carbonyl (C=O) groups is 1. The molecule has 0 spiro atoms. The summed E-state index contributed by atoms with van der Waals surface area (Å²) in [6.45, 7) is 0. The summed E-state index contributed by atoms with van der Waals surface area (Å²) in [6.07, 6.45) is 5.03. The van der Waals surface area contributed by atoms with Crippen LogP contribution in [-0.4, -0.2) is 18.9 Å². The van der Waals surface area contributed by atoms with Gasteiger partial charge < -0.3 is 14.8 Å². The van der Waals surface area contributed by atoms with Gasteiger partial charge in [-0.15, -0.1) is 0 Å². The van der Waals surface area contributed by atoms with Crippen LogP contribution < -0.4 is 5.32 Å².